The molecular formula is C22H20ClF3N6O5. The van der Waals surface area contributed by atoms with Crippen molar-refractivity contribution in [1.29, 1.82) is 0 Å². The van der Waals surface area contributed by atoms with Gasteiger partial charge in [-0.15, -0.1) is 0 Å². The molecular weight excluding hydrogens is 521 g/mol. The third kappa shape index (κ3) is 6.74. The standard InChI is InChI=1S/C22H20ClF3N6O5/c1-27-9-16(33)36-10-12-4-3-7-28-20(12)31(2)22(35)37-11-32-19(23)17(26)18(30-32)21(34)29-15-6-5-13(24)8-14(15)25/h3-8,27H,9-11H2,1-2H3,(H,29,34). The molecule has 0 saturated heterocycles. The average Bonchev–Trinajstić information content (AvgIpc) is 3.16. The van der Waals surface area contributed by atoms with Crippen LogP contribution in [0.15, 0.2) is 36.5 Å². The maximum atomic E-state index is 14.5. The summed E-state index contributed by atoms with van der Waals surface area (Å²) in [4.78, 5) is 41.6. The number of ether oxygens (including phenoxy) is 2. The van der Waals surface area contributed by atoms with E-state index in [0.717, 1.165) is 17.0 Å². The molecule has 0 aliphatic carbocycles. The van der Waals surface area contributed by atoms with Crippen LogP contribution in [-0.2, 0) is 27.6 Å². The Morgan fingerprint density at radius 2 is 1.92 bits per heavy atom. The summed E-state index contributed by atoms with van der Waals surface area (Å²) in [7, 11) is 2.92. The quantitative estimate of drug-likeness (QED) is 0.396. The predicted molar refractivity (Wildman–Crippen MR) is 124 cm³/mol. The van der Waals surface area contributed by atoms with Gasteiger partial charge in [-0.3, -0.25) is 14.5 Å². The third-order valence-electron chi connectivity index (χ3n) is 4.71. The predicted octanol–water partition coefficient (Wildman–Crippen LogP) is 3.09. The fourth-order valence-corrected chi connectivity index (χ4v) is 3.10. The van der Waals surface area contributed by atoms with Crippen molar-refractivity contribution in [2.24, 2.45) is 0 Å². The van der Waals surface area contributed by atoms with Gasteiger partial charge in [-0.2, -0.15) is 5.10 Å². The Kier molecular flexibility index (Phi) is 9.03. The van der Waals surface area contributed by atoms with Crippen molar-refractivity contribution in [3.05, 3.63) is 70.4 Å². The Morgan fingerprint density at radius 3 is 2.62 bits per heavy atom. The number of pyridine rings is 1. The molecule has 37 heavy (non-hydrogen) atoms. The molecule has 0 spiro atoms. The first-order valence-corrected chi connectivity index (χ1v) is 10.8. The summed E-state index contributed by atoms with van der Waals surface area (Å²) in [5, 5.41) is 7.71. The summed E-state index contributed by atoms with van der Waals surface area (Å²) in [6.45, 7) is -0.866. The molecule has 0 radical (unpaired) electrons. The first-order chi connectivity index (χ1) is 17.6. The summed E-state index contributed by atoms with van der Waals surface area (Å²) >= 11 is 5.87. The van der Waals surface area contributed by atoms with E-state index in [0.29, 0.717) is 16.3 Å². The van der Waals surface area contributed by atoms with Gasteiger partial charge in [-0.25, -0.2) is 27.6 Å². The number of nitrogens with zero attached hydrogens (tertiary/aromatic N) is 4. The molecule has 0 atom stereocenters. The van der Waals surface area contributed by atoms with Crippen molar-refractivity contribution in [3.63, 3.8) is 0 Å². The smallest absolute Gasteiger partial charge is 0.417 e. The molecule has 2 amide bonds. The third-order valence-corrected chi connectivity index (χ3v) is 5.07. The highest BCUT2D eigenvalue weighted by atomic mass is 35.5. The summed E-state index contributed by atoms with van der Waals surface area (Å²) in [5.74, 6) is -4.75. The lowest BCUT2D eigenvalue weighted by Crippen LogP contribution is -2.30. The lowest BCUT2D eigenvalue weighted by atomic mass is 10.2. The monoisotopic (exact) mass is 540 g/mol. The van der Waals surface area contributed by atoms with E-state index in [9.17, 15) is 27.6 Å². The van der Waals surface area contributed by atoms with Gasteiger partial charge < -0.3 is 20.1 Å². The van der Waals surface area contributed by atoms with Crippen molar-refractivity contribution >= 4 is 41.1 Å². The molecule has 0 aliphatic heterocycles. The number of hydrogen-bond acceptors (Lipinski definition) is 8. The molecule has 0 saturated carbocycles. The Balaban J connectivity index is 1.67. The van der Waals surface area contributed by atoms with Gasteiger partial charge in [-0.05, 0) is 25.2 Å². The van der Waals surface area contributed by atoms with Crippen LogP contribution in [0.25, 0.3) is 0 Å². The van der Waals surface area contributed by atoms with Gasteiger partial charge in [0.2, 0.25) is 0 Å². The van der Waals surface area contributed by atoms with Crippen LogP contribution in [0.1, 0.15) is 16.1 Å². The summed E-state index contributed by atoms with van der Waals surface area (Å²) in [6, 6.07) is 5.56. The van der Waals surface area contributed by atoms with Crippen molar-refractivity contribution in [2.75, 3.05) is 30.9 Å². The highest BCUT2D eigenvalue weighted by molar-refractivity contribution is 6.30. The lowest BCUT2D eigenvalue weighted by Gasteiger charge is -2.19. The number of aromatic nitrogens is 3. The van der Waals surface area contributed by atoms with Crippen LogP contribution in [0.5, 0.6) is 0 Å². The van der Waals surface area contributed by atoms with Gasteiger partial charge in [-0.1, -0.05) is 17.7 Å². The van der Waals surface area contributed by atoms with Crippen molar-refractivity contribution in [1.82, 2.24) is 20.1 Å². The fraction of sp³-hybridized carbons (Fsp3) is 0.227. The van der Waals surface area contributed by atoms with E-state index in [1.165, 1.54) is 13.2 Å². The average molecular weight is 541 g/mol. The minimum absolute atomic E-state index is 0.00643. The second-order valence-corrected chi connectivity index (χ2v) is 7.66. The molecule has 3 aromatic rings. The summed E-state index contributed by atoms with van der Waals surface area (Å²) in [5.41, 5.74) is -0.817. The normalized spacial score (nSPS) is 10.6. The number of halogens is 4. The number of carbonyl (C=O) groups excluding carboxylic acids is 3. The zero-order valence-corrected chi connectivity index (χ0v) is 20.2. The Labute approximate surface area is 213 Å². The number of anilines is 2. The van der Waals surface area contributed by atoms with Crippen molar-refractivity contribution in [3.8, 4) is 0 Å². The molecule has 11 nitrogen and oxygen atoms in total. The second-order valence-electron chi connectivity index (χ2n) is 7.31. The first kappa shape index (κ1) is 27.4. The maximum Gasteiger partial charge on any atom is 0.417 e. The summed E-state index contributed by atoms with van der Waals surface area (Å²) < 4.78 is 52.2. The van der Waals surface area contributed by atoms with Crippen LogP contribution < -0.4 is 15.5 Å². The van der Waals surface area contributed by atoms with Crippen LogP contribution >= 0.6 is 11.6 Å². The zero-order chi connectivity index (χ0) is 27.1. The highest BCUT2D eigenvalue weighted by Gasteiger charge is 2.25. The molecule has 2 N–H and O–H groups in total. The lowest BCUT2D eigenvalue weighted by molar-refractivity contribution is -0.143. The number of esters is 1. The van der Waals surface area contributed by atoms with E-state index >= 15 is 0 Å². The minimum atomic E-state index is -1.25. The minimum Gasteiger partial charge on any atom is -0.460 e. The van der Waals surface area contributed by atoms with Gasteiger partial charge in [0, 0.05) is 24.9 Å². The fourth-order valence-electron chi connectivity index (χ4n) is 2.92. The number of likely N-dealkylation sites (N-methyl/N-ethyl adjacent to an activating group) is 1. The number of carbonyl (C=O) groups is 3. The number of nitrogens with one attached hydrogen (secondary N) is 2. The molecule has 0 fully saturated rings. The van der Waals surface area contributed by atoms with Gasteiger partial charge in [0.1, 0.15) is 24.1 Å². The molecule has 2 aromatic heterocycles. The van der Waals surface area contributed by atoms with Crippen LogP contribution in [-0.4, -0.2) is 53.4 Å². The van der Waals surface area contributed by atoms with E-state index in [2.05, 4.69) is 20.7 Å². The van der Waals surface area contributed by atoms with Gasteiger partial charge in [0.25, 0.3) is 5.91 Å². The Hall–Kier alpha value is -4.17. The largest absolute Gasteiger partial charge is 0.460 e. The number of hydrogen-bond donors (Lipinski definition) is 2. The van der Waals surface area contributed by atoms with E-state index in [-0.39, 0.29) is 19.0 Å². The van der Waals surface area contributed by atoms with Crippen LogP contribution in [0.3, 0.4) is 0 Å². The van der Waals surface area contributed by atoms with Crippen molar-refractivity contribution < 1.29 is 37.0 Å². The second kappa shape index (κ2) is 12.2. The zero-order valence-electron chi connectivity index (χ0n) is 19.4. The Morgan fingerprint density at radius 1 is 1.16 bits per heavy atom. The van der Waals surface area contributed by atoms with Crippen LogP contribution in [0.4, 0.5) is 29.5 Å². The molecule has 0 unspecified atom stereocenters. The molecule has 0 aliphatic rings. The number of amides is 2. The molecule has 3 rings (SSSR count). The van der Waals surface area contributed by atoms with Gasteiger partial charge >= 0.3 is 12.1 Å². The van der Waals surface area contributed by atoms with E-state index in [1.807, 2.05) is 0 Å². The Bertz CT molecular complexity index is 1320. The first-order valence-electron chi connectivity index (χ1n) is 10.4. The topological polar surface area (TPSA) is 128 Å². The van der Waals surface area contributed by atoms with E-state index < -0.39 is 58.7 Å². The van der Waals surface area contributed by atoms with E-state index in [4.69, 9.17) is 21.1 Å². The van der Waals surface area contributed by atoms with Gasteiger partial charge in [0.05, 0.1) is 12.2 Å². The van der Waals surface area contributed by atoms with Crippen LogP contribution in [0.2, 0.25) is 5.15 Å². The summed E-state index contributed by atoms with van der Waals surface area (Å²) in [6.07, 6.45) is 0.458. The highest BCUT2D eigenvalue weighted by Crippen LogP contribution is 2.22. The number of benzene rings is 1. The van der Waals surface area contributed by atoms with E-state index in [1.54, 1.807) is 19.2 Å². The molecule has 0 bridgehead atoms. The van der Waals surface area contributed by atoms with Crippen LogP contribution in [0, 0.1) is 17.5 Å². The molecule has 15 heteroatoms. The maximum absolute atomic E-state index is 14.5. The van der Waals surface area contributed by atoms with Gasteiger partial charge in [0.15, 0.2) is 23.4 Å². The molecule has 2 heterocycles. The SMILES string of the molecule is CNCC(=O)OCc1cccnc1N(C)C(=O)OCn1nc(C(=O)Nc2ccc(F)cc2F)c(F)c1Cl. The molecule has 1 aromatic carbocycles. The number of rotatable bonds is 9. The molecule has 196 valence electrons. The van der Waals surface area contributed by atoms with Crippen molar-refractivity contribution in [2.45, 2.75) is 13.3 Å².